The van der Waals surface area contributed by atoms with Gasteiger partial charge in [0.05, 0.1) is 13.4 Å². The second-order valence-corrected chi connectivity index (χ2v) is 3.64. The molecular weight excluding hydrogens is 268 g/mol. The summed E-state index contributed by atoms with van der Waals surface area (Å²) in [5.74, 6) is -1.03. The van der Waals surface area contributed by atoms with Gasteiger partial charge in [0, 0.05) is 5.56 Å². The zero-order chi connectivity index (χ0) is 14.5. The number of carbonyl (C=O) groups excluding carboxylic acids is 1. The molecule has 104 valence electrons. The first kappa shape index (κ1) is 13.5. The number of nitro groups is 1. The van der Waals surface area contributed by atoms with Crippen molar-refractivity contribution in [1.29, 1.82) is 0 Å². The fourth-order valence-corrected chi connectivity index (χ4v) is 1.51. The quantitative estimate of drug-likeness (QED) is 0.467. The van der Waals surface area contributed by atoms with Crippen molar-refractivity contribution in [1.82, 2.24) is 4.98 Å². The van der Waals surface area contributed by atoms with Crippen LogP contribution in [0.1, 0.15) is 16.1 Å². The van der Waals surface area contributed by atoms with E-state index in [0.717, 1.165) is 0 Å². The van der Waals surface area contributed by atoms with Crippen molar-refractivity contribution in [3.63, 3.8) is 0 Å². The van der Waals surface area contributed by atoms with Gasteiger partial charge in [0.2, 0.25) is 11.5 Å². The van der Waals surface area contributed by atoms with Crippen molar-refractivity contribution in [2.45, 2.75) is 6.61 Å². The summed E-state index contributed by atoms with van der Waals surface area (Å²) in [5, 5.41) is 10.8. The number of hydrogen-bond donors (Lipinski definition) is 0. The van der Waals surface area contributed by atoms with E-state index in [1.54, 1.807) is 0 Å². The van der Waals surface area contributed by atoms with E-state index < -0.39 is 16.7 Å². The Labute approximate surface area is 113 Å². The Bertz CT molecular complexity index is 636. The van der Waals surface area contributed by atoms with Gasteiger partial charge in [-0.2, -0.15) is 0 Å². The summed E-state index contributed by atoms with van der Waals surface area (Å²) in [5.41, 5.74) is 0.426. The van der Waals surface area contributed by atoms with E-state index in [1.165, 1.54) is 37.8 Å². The summed E-state index contributed by atoms with van der Waals surface area (Å²) < 4.78 is 14.8. The van der Waals surface area contributed by atoms with Crippen molar-refractivity contribution in [2.24, 2.45) is 0 Å². The monoisotopic (exact) mass is 278 g/mol. The number of methoxy groups -OCH3 is 1. The number of esters is 1. The molecule has 0 radical (unpaired) electrons. The molecule has 2 aromatic rings. The first-order chi connectivity index (χ1) is 9.63. The first-order valence-electron chi connectivity index (χ1n) is 5.50. The number of aromatic nitrogens is 1. The summed E-state index contributed by atoms with van der Waals surface area (Å²) >= 11 is 0. The molecule has 0 saturated carbocycles. The molecule has 8 heteroatoms. The van der Waals surface area contributed by atoms with Crippen LogP contribution in [0.3, 0.4) is 0 Å². The second kappa shape index (κ2) is 5.83. The zero-order valence-corrected chi connectivity index (χ0v) is 10.4. The summed E-state index contributed by atoms with van der Waals surface area (Å²) in [6.07, 6.45) is 2.60. The van der Waals surface area contributed by atoms with E-state index >= 15 is 0 Å². The maximum atomic E-state index is 11.4. The fraction of sp³-hybridized carbons (Fsp3) is 0.167. The Morgan fingerprint density at radius 3 is 3.00 bits per heavy atom. The van der Waals surface area contributed by atoms with Crippen molar-refractivity contribution < 1.29 is 23.6 Å². The zero-order valence-electron chi connectivity index (χ0n) is 10.4. The topological polar surface area (TPSA) is 105 Å². The Morgan fingerprint density at radius 2 is 2.30 bits per heavy atom. The highest BCUT2D eigenvalue weighted by Gasteiger charge is 2.19. The highest BCUT2D eigenvalue weighted by atomic mass is 16.6. The lowest BCUT2D eigenvalue weighted by molar-refractivity contribution is -0.390. The lowest BCUT2D eigenvalue weighted by atomic mass is 10.2. The van der Waals surface area contributed by atoms with Crippen LogP contribution in [-0.2, 0) is 11.3 Å². The van der Waals surface area contributed by atoms with Crippen molar-refractivity contribution in [2.75, 3.05) is 7.11 Å². The molecule has 8 nitrogen and oxygen atoms in total. The molecule has 0 aliphatic rings. The van der Waals surface area contributed by atoms with E-state index in [2.05, 4.69) is 9.72 Å². The molecule has 2 aromatic heterocycles. The second-order valence-electron chi connectivity index (χ2n) is 3.64. The standard InChI is InChI=1S/C12H10N2O6/c1-18-12(15)10-8(4-6-19-10)7-20-9-3-2-5-13-11(9)14(16)17/h2-6H,7H2,1H3. The first-order valence-corrected chi connectivity index (χ1v) is 5.50. The number of hydrogen-bond acceptors (Lipinski definition) is 7. The molecule has 0 N–H and O–H groups in total. The van der Waals surface area contributed by atoms with Crippen LogP contribution in [0.25, 0.3) is 0 Å². The Hall–Kier alpha value is -2.90. The predicted octanol–water partition coefficient (Wildman–Crippen LogP) is 1.95. The molecule has 20 heavy (non-hydrogen) atoms. The Kier molecular flexibility index (Phi) is 3.94. The number of pyridine rings is 1. The molecule has 0 spiro atoms. The van der Waals surface area contributed by atoms with Gasteiger partial charge >= 0.3 is 11.8 Å². The van der Waals surface area contributed by atoms with Crippen LogP contribution in [0.4, 0.5) is 5.82 Å². The number of furan rings is 1. The molecule has 2 heterocycles. The van der Waals surface area contributed by atoms with E-state index in [9.17, 15) is 14.9 Å². The summed E-state index contributed by atoms with van der Waals surface area (Å²) in [4.78, 5) is 25.1. The summed E-state index contributed by atoms with van der Waals surface area (Å²) in [6, 6.07) is 4.45. The van der Waals surface area contributed by atoms with Gasteiger partial charge in [-0.05, 0) is 28.1 Å². The van der Waals surface area contributed by atoms with Gasteiger partial charge < -0.3 is 24.0 Å². The number of ether oxygens (including phenoxy) is 2. The third-order valence-electron chi connectivity index (χ3n) is 2.42. The van der Waals surface area contributed by atoms with Crippen LogP contribution in [0.15, 0.2) is 35.1 Å². The van der Waals surface area contributed by atoms with Gasteiger partial charge in [-0.3, -0.25) is 0 Å². The van der Waals surface area contributed by atoms with Gasteiger partial charge in [-0.1, -0.05) is 0 Å². The molecule has 0 aliphatic carbocycles. The van der Waals surface area contributed by atoms with Crippen LogP contribution in [0.5, 0.6) is 5.75 Å². The third kappa shape index (κ3) is 2.74. The minimum atomic E-state index is -0.647. The number of rotatable bonds is 5. The van der Waals surface area contributed by atoms with Crippen molar-refractivity contribution >= 4 is 11.8 Å². The van der Waals surface area contributed by atoms with E-state index in [0.29, 0.717) is 5.56 Å². The molecule has 0 fully saturated rings. The molecule has 0 saturated heterocycles. The minimum absolute atomic E-state index is 0.000886. The molecular formula is C12H10N2O6. The summed E-state index contributed by atoms with van der Waals surface area (Å²) in [6.45, 7) is -0.0759. The lowest BCUT2D eigenvalue weighted by Gasteiger charge is -2.05. The largest absolute Gasteiger partial charge is 0.481 e. The number of nitrogens with zero attached hydrogens (tertiary/aromatic N) is 2. The highest BCUT2D eigenvalue weighted by molar-refractivity contribution is 5.87. The van der Waals surface area contributed by atoms with Crippen LogP contribution in [0, 0.1) is 10.1 Å². The van der Waals surface area contributed by atoms with Gasteiger partial charge in [-0.25, -0.2) is 4.79 Å². The molecule has 0 bridgehead atoms. The molecule has 0 amide bonds. The lowest BCUT2D eigenvalue weighted by Crippen LogP contribution is -2.06. The highest BCUT2D eigenvalue weighted by Crippen LogP contribution is 2.24. The predicted molar refractivity (Wildman–Crippen MR) is 65.3 cm³/mol. The van der Waals surface area contributed by atoms with E-state index in [-0.39, 0.29) is 18.1 Å². The van der Waals surface area contributed by atoms with Gasteiger partial charge in [0.1, 0.15) is 12.8 Å². The maximum absolute atomic E-state index is 11.4. The van der Waals surface area contributed by atoms with Crippen LogP contribution >= 0.6 is 0 Å². The van der Waals surface area contributed by atoms with Gasteiger partial charge in [0.15, 0.2) is 0 Å². The maximum Gasteiger partial charge on any atom is 0.406 e. The molecule has 0 aliphatic heterocycles. The third-order valence-corrected chi connectivity index (χ3v) is 2.42. The SMILES string of the molecule is COC(=O)c1occc1COc1cccnc1[N+](=O)[O-]. The minimum Gasteiger partial charge on any atom is -0.481 e. The van der Waals surface area contributed by atoms with Crippen LogP contribution in [-0.4, -0.2) is 23.0 Å². The molecule has 0 aromatic carbocycles. The average Bonchev–Trinajstić information content (AvgIpc) is 2.92. The van der Waals surface area contributed by atoms with Crippen LogP contribution < -0.4 is 4.74 Å². The normalized spacial score (nSPS) is 10.1. The molecule has 0 unspecified atom stereocenters. The smallest absolute Gasteiger partial charge is 0.406 e. The van der Waals surface area contributed by atoms with Crippen molar-refractivity contribution in [3.8, 4) is 5.75 Å². The van der Waals surface area contributed by atoms with Gasteiger partial charge in [0.25, 0.3) is 0 Å². The van der Waals surface area contributed by atoms with E-state index in [4.69, 9.17) is 9.15 Å². The van der Waals surface area contributed by atoms with Crippen molar-refractivity contribution in [3.05, 3.63) is 52.1 Å². The summed E-state index contributed by atoms with van der Waals surface area (Å²) in [7, 11) is 1.22. The van der Waals surface area contributed by atoms with E-state index in [1.807, 2.05) is 0 Å². The Morgan fingerprint density at radius 1 is 1.50 bits per heavy atom. The fourth-order valence-electron chi connectivity index (χ4n) is 1.51. The Balaban J connectivity index is 2.16. The molecule has 0 atom stereocenters. The number of carbonyl (C=O) groups is 1. The average molecular weight is 278 g/mol. The van der Waals surface area contributed by atoms with Gasteiger partial charge in [-0.15, -0.1) is 0 Å². The molecule has 2 rings (SSSR count). The van der Waals surface area contributed by atoms with Crippen LogP contribution in [0.2, 0.25) is 0 Å².